The molecule has 27 heavy (non-hydrogen) atoms. The molecule has 1 aromatic heterocycles. The maximum Gasteiger partial charge on any atom is 0.410 e. The third kappa shape index (κ3) is 4.99. The molecule has 0 spiro atoms. The number of benzene rings is 1. The average Bonchev–Trinajstić information content (AvgIpc) is 3.05. The number of halogens is 1. The summed E-state index contributed by atoms with van der Waals surface area (Å²) in [5, 5.41) is 13.9. The maximum atomic E-state index is 13.2. The van der Waals surface area contributed by atoms with Crippen molar-refractivity contribution >= 4 is 6.09 Å². The molecule has 146 valence electrons. The highest BCUT2D eigenvalue weighted by atomic mass is 19.1. The molecule has 3 rings (SSSR count). The Bertz CT molecular complexity index is 805. The Hall–Kier alpha value is -2.57. The van der Waals surface area contributed by atoms with Gasteiger partial charge in [0.2, 0.25) is 0 Å². The molecule has 1 aromatic carbocycles. The molecule has 0 bridgehead atoms. The minimum Gasteiger partial charge on any atom is -0.505 e. The number of phenolic OH excluding ortho intramolecular Hbond substituents is 1. The van der Waals surface area contributed by atoms with Crippen LogP contribution in [0.1, 0.15) is 33.6 Å². The summed E-state index contributed by atoms with van der Waals surface area (Å²) in [5.74, 6) is -0.573. The summed E-state index contributed by atoms with van der Waals surface area (Å²) in [6.07, 6.45) is 5.14. The van der Waals surface area contributed by atoms with Crippen molar-refractivity contribution in [2.45, 2.75) is 45.8 Å². The first kappa shape index (κ1) is 19.2. The lowest BCUT2D eigenvalue weighted by Crippen LogP contribution is -2.42. The number of hydrogen-bond acceptors (Lipinski definition) is 4. The van der Waals surface area contributed by atoms with Gasteiger partial charge in [0, 0.05) is 31.4 Å². The lowest BCUT2D eigenvalue weighted by atomic mass is 9.97. The number of aromatic hydroxyl groups is 1. The average molecular weight is 375 g/mol. The first-order valence-electron chi connectivity index (χ1n) is 9.20. The van der Waals surface area contributed by atoms with Gasteiger partial charge in [-0.05, 0) is 57.2 Å². The van der Waals surface area contributed by atoms with Gasteiger partial charge in [-0.25, -0.2) is 9.18 Å². The monoisotopic (exact) mass is 375 g/mol. The van der Waals surface area contributed by atoms with Crippen LogP contribution < -0.4 is 0 Å². The van der Waals surface area contributed by atoms with Gasteiger partial charge in [-0.15, -0.1) is 0 Å². The number of amides is 1. The molecular formula is C20H26FN3O3. The molecule has 0 unspecified atom stereocenters. The fraction of sp³-hybridized carbons (Fsp3) is 0.500. The van der Waals surface area contributed by atoms with E-state index in [2.05, 4.69) is 5.10 Å². The van der Waals surface area contributed by atoms with E-state index < -0.39 is 11.4 Å². The standard InChI is InChI=1S/C20H26FN3O3/c1-20(2,3)27-19(26)23-8-6-14(7-9-23)12-24-13-16(11-22-24)15-4-5-17(21)18(25)10-15/h4-5,10-11,13-14,25H,6-9,12H2,1-3H3. The lowest BCUT2D eigenvalue weighted by Gasteiger charge is -2.33. The second kappa shape index (κ2) is 7.58. The quantitative estimate of drug-likeness (QED) is 0.879. The van der Waals surface area contributed by atoms with Crippen molar-refractivity contribution in [3.8, 4) is 16.9 Å². The lowest BCUT2D eigenvalue weighted by molar-refractivity contribution is 0.0177. The predicted octanol–water partition coefficient (Wildman–Crippen LogP) is 4.04. The summed E-state index contributed by atoms with van der Waals surface area (Å²) < 4.78 is 20.5. The van der Waals surface area contributed by atoms with Crippen LogP contribution in [0, 0.1) is 11.7 Å². The van der Waals surface area contributed by atoms with Crippen LogP contribution in [-0.4, -0.2) is 44.6 Å². The highest BCUT2D eigenvalue weighted by molar-refractivity contribution is 5.68. The Balaban J connectivity index is 1.55. The summed E-state index contributed by atoms with van der Waals surface area (Å²) in [7, 11) is 0. The summed E-state index contributed by atoms with van der Waals surface area (Å²) in [4.78, 5) is 13.9. The summed E-state index contributed by atoms with van der Waals surface area (Å²) in [6, 6.07) is 4.26. The Morgan fingerprint density at radius 2 is 2.00 bits per heavy atom. The molecule has 7 heteroatoms. The molecular weight excluding hydrogens is 349 g/mol. The molecule has 0 radical (unpaired) electrons. The number of ether oxygens (including phenoxy) is 1. The first-order chi connectivity index (χ1) is 12.7. The van der Waals surface area contributed by atoms with E-state index >= 15 is 0 Å². The number of nitrogens with zero attached hydrogens (tertiary/aromatic N) is 3. The Morgan fingerprint density at radius 1 is 1.30 bits per heavy atom. The van der Waals surface area contributed by atoms with Crippen molar-refractivity contribution in [2.75, 3.05) is 13.1 Å². The van der Waals surface area contributed by atoms with Crippen molar-refractivity contribution < 1.29 is 19.0 Å². The minimum absolute atomic E-state index is 0.251. The number of carbonyl (C=O) groups is 1. The van der Waals surface area contributed by atoms with Gasteiger partial charge in [0.25, 0.3) is 0 Å². The van der Waals surface area contributed by atoms with Crippen molar-refractivity contribution in [2.24, 2.45) is 5.92 Å². The molecule has 2 aromatic rings. The van der Waals surface area contributed by atoms with Gasteiger partial charge in [0.1, 0.15) is 5.60 Å². The van der Waals surface area contributed by atoms with E-state index in [1.165, 1.54) is 12.1 Å². The second-order valence-electron chi connectivity index (χ2n) is 8.03. The van der Waals surface area contributed by atoms with Crippen LogP contribution in [0.4, 0.5) is 9.18 Å². The van der Waals surface area contributed by atoms with Crippen LogP contribution in [0.3, 0.4) is 0 Å². The number of hydrogen-bond donors (Lipinski definition) is 1. The van der Waals surface area contributed by atoms with Gasteiger partial charge >= 0.3 is 6.09 Å². The Morgan fingerprint density at radius 3 is 2.63 bits per heavy atom. The Kier molecular flexibility index (Phi) is 5.39. The van der Waals surface area contributed by atoms with Crippen LogP contribution in [-0.2, 0) is 11.3 Å². The van der Waals surface area contributed by atoms with Crippen molar-refractivity contribution in [1.29, 1.82) is 0 Å². The molecule has 1 saturated heterocycles. The smallest absolute Gasteiger partial charge is 0.410 e. The van der Waals surface area contributed by atoms with Crippen LogP contribution >= 0.6 is 0 Å². The topological polar surface area (TPSA) is 67.6 Å². The third-order valence-corrected chi connectivity index (χ3v) is 4.62. The summed E-state index contributed by atoms with van der Waals surface area (Å²) in [6.45, 7) is 7.73. The van der Waals surface area contributed by atoms with Gasteiger partial charge in [-0.2, -0.15) is 5.10 Å². The molecule has 1 amide bonds. The maximum absolute atomic E-state index is 13.2. The van der Waals surface area contributed by atoms with Gasteiger partial charge < -0.3 is 14.7 Å². The van der Waals surface area contributed by atoms with E-state index in [1.54, 1.807) is 17.2 Å². The van der Waals surface area contributed by atoms with Crippen LogP contribution in [0.15, 0.2) is 30.6 Å². The van der Waals surface area contributed by atoms with Gasteiger partial charge in [0.05, 0.1) is 6.20 Å². The van der Waals surface area contributed by atoms with Gasteiger partial charge in [0.15, 0.2) is 11.6 Å². The highest BCUT2D eigenvalue weighted by Gasteiger charge is 2.27. The molecule has 0 atom stereocenters. The van der Waals surface area contributed by atoms with Crippen LogP contribution in [0.2, 0.25) is 0 Å². The largest absolute Gasteiger partial charge is 0.505 e. The second-order valence-corrected chi connectivity index (χ2v) is 8.03. The number of carbonyl (C=O) groups excluding carboxylic acids is 1. The van der Waals surface area contributed by atoms with E-state index in [0.717, 1.165) is 30.5 Å². The number of likely N-dealkylation sites (tertiary alicyclic amines) is 1. The van der Waals surface area contributed by atoms with Crippen molar-refractivity contribution in [1.82, 2.24) is 14.7 Å². The highest BCUT2D eigenvalue weighted by Crippen LogP contribution is 2.26. The Labute approximate surface area is 158 Å². The zero-order chi connectivity index (χ0) is 19.6. The predicted molar refractivity (Wildman–Crippen MR) is 99.8 cm³/mol. The van der Waals surface area contributed by atoms with Crippen molar-refractivity contribution in [3.63, 3.8) is 0 Å². The summed E-state index contributed by atoms with van der Waals surface area (Å²) in [5.41, 5.74) is 1.07. The number of rotatable bonds is 3. The third-order valence-electron chi connectivity index (χ3n) is 4.62. The fourth-order valence-corrected chi connectivity index (χ4v) is 3.19. The van der Waals surface area contributed by atoms with E-state index in [1.807, 2.05) is 31.6 Å². The summed E-state index contributed by atoms with van der Waals surface area (Å²) >= 11 is 0. The SMILES string of the molecule is CC(C)(C)OC(=O)N1CCC(Cn2cc(-c3ccc(F)c(O)c3)cn2)CC1. The molecule has 1 aliphatic rings. The minimum atomic E-state index is -0.636. The molecule has 2 heterocycles. The zero-order valence-corrected chi connectivity index (χ0v) is 16.0. The normalized spacial score (nSPS) is 15.8. The number of piperidine rings is 1. The van der Waals surface area contributed by atoms with Gasteiger partial charge in [-0.1, -0.05) is 6.07 Å². The number of phenols is 1. The van der Waals surface area contributed by atoms with Crippen LogP contribution in [0.25, 0.3) is 11.1 Å². The zero-order valence-electron chi connectivity index (χ0n) is 16.0. The first-order valence-corrected chi connectivity index (χ1v) is 9.20. The molecule has 1 aliphatic heterocycles. The van der Waals surface area contributed by atoms with E-state index in [4.69, 9.17) is 4.74 Å². The van der Waals surface area contributed by atoms with Gasteiger partial charge in [-0.3, -0.25) is 4.68 Å². The molecule has 1 N–H and O–H groups in total. The van der Waals surface area contributed by atoms with E-state index in [0.29, 0.717) is 19.0 Å². The molecule has 0 saturated carbocycles. The van der Waals surface area contributed by atoms with Crippen LogP contribution in [0.5, 0.6) is 5.75 Å². The molecule has 0 aliphatic carbocycles. The molecule has 6 nitrogen and oxygen atoms in total. The molecule has 1 fully saturated rings. The number of aromatic nitrogens is 2. The van der Waals surface area contributed by atoms with Crippen molar-refractivity contribution in [3.05, 3.63) is 36.4 Å². The van der Waals surface area contributed by atoms with E-state index in [9.17, 15) is 14.3 Å². The van der Waals surface area contributed by atoms with E-state index in [-0.39, 0.29) is 11.8 Å². The fourth-order valence-electron chi connectivity index (χ4n) is 3.19.